The van der Waals surface area contributed by atoms with Crippen molar-refractivity contribution in [3.63, 3.8) is 0 Å². The van der Waals surface area contributed by atoms with Crippen molar-refractivity contribution in [3.05, 3.63) is 66.4 Å². The van der Waals surface area contributed by atoms with E-state index in [4.69, 9.17) is 9.26 Å². The summed E-state index contributed by atoms with van der Waals surface area (Å²) in [5.41, 5.74) is 0.433. The number of carbonyl (C=O) groups excluding carboxylic acids is 1. The Hall–Kier alpha value is -3.28. The molecule has 2 aromatic carbocycles. The maximum absolute atomic E-state index is 12.2. The van der Waals surface area contributed by atoms with Crippen LogP contribution in [0.4, 0.5) is 16.3 Å². The van der Waals surface area contributed by atoms with Crippen LogP contribution >= 0.6 is 0 Å². The molecule has 1 aromatic heterocycles. The Morgan fingerprint density at radius 3 is 2.38 bits per heavy atom. The number of hydrogen-bond acceptors (Lipinski definition) is 4. The van der Waals surface area contributed by atoms with Crippen LogP contribution in [0.25, 0.3) is 0 Å². The summed E-state index contributed by atoms with van der Waals surface area (Å²) < 4.78 is 11.0. The molecule has 0 aliphatic rings. The highest BCUT2D eigenvalue weighted by molar-refractivity contribution is 5.99. The highest BCUT2D eigenvalue weighted by Gasteiger charge is 2.20. The molecule has 0 radical (unpaired) electrons. The molecule has 6 nitrogen and oxygen atoms in total. The van der Waals surface area contributed by atoms with E-state index in [-0.39, 0.29) is 5.41 Å². The maximum Gasteiger partial charge on any atom is 0.324 e. The lowest BCUT2D eigenvalue weighted by atomic mass is 9.93. The predicted molar refractivity (Wildman–Crippen MR) is 101 cm³/mol. The van der Waals surface area contributed by atoms with Gasteiger partial charge in [-0.3, -0.25) is 5.32 Å². The molecule has 0 unspecified atom stereocenters. The molecular weight excluding hydrogens is 330 g/mol. The number of urea groups is 1. The molecule has 3 aromatic rings. The minimum atomic E-state index is -0.407. The number of ether oxygens (including phenoxy) is 1. The highest BCUT2D eigenvalue weighted by atomic mass is 16.5. The van der Waals surface area contributed by atoms with Crippen molar-refractivity contribution < 1.29 is 14.1 Å². The SMILES string of the molecule is CC(C)(C)c1cc(NC(=O)Nc2cccc(Oc3ccccc3)c2)no1. The first-order valence-corrected chi connectivity index (χ1v) is 8.28. The Bertz CT molecular complexity index is 883. The third kappa shape index (κ3) is 4.63. The van der Waals surface area contributed by atoms with Crippen LogP contribution in [-0.4, -0.2) is 11.2 Å². The molecule has 1 heterocycles. The second-order valence-corrected chi connectivity index (χ2v) is 6.85. The molecule has 0 saturated heterocycles. The molecule has 2 amide bonds. The third-order valence-corrected chi connectivity index (χ3v) is 3.56. The number of para-hydroxylation sites is 1. The fraction of sp³-hybridized carbons (Fsp3) is 0.200. The number of nitrogens with zero attached hydrogens (tertiary/aromatic N) is 1. The average molecular weight is 351 g/mol. The normalized spacial score (nSPS) is 11.0. The third-order valence-electron chi connectivity index (χ3n) is 3.56. The number of hydrogen-bond donors (Lipinski definition) is 2. The van der Waals surface area contributed by atoms with Gasteiger partial charge in [-0.2, -0.15) is 0 Å². The maximum atomic E-state index is 12.2. The average Bonchev–Trinajstić information content (AvgIpc) is 3.05. The lowest BCUT2D eigenvalue weighted by Gasteiger charge is -2.12. The fourth-order valence-electron chi connectivity index (χ4n) is 2.23. The van der Waals surface area contributed by atoms with E-state index in [1.54, 1.807) is 18.2 Å². The predicted octanol–water partition coefficient (Wildman–Crippen LogP) is 5.41. The quantitative estimate of drug-likeness (QED) is 0.659. The highest BCUT2D eigenvalue weighted by Crippen LogP contribution is 2.25. The van der Waals surface area contributed by atoms with E-state index in [1.807, 2.05) is 63.2 Å². The van der Waals surface area contributed by atoms with Crippen molar-refractivity contribution in [2.45, 2.75) is 26.2 Å². The largest absolute Gasteiger partial charge is 0.457 e. The Balaban J connectivity index is 1.62. The number of aromatic nitrogens is 1. The molecule has 2 N–H and O–H groups in total. The molecule has 0 aliphatic heterocycles. The smallest absolute Gasteiger partial charge is 0.324 e. The summed E-state index contributed by atoms with van der Waals surface area (Å²) in [5.74, 6) is 2.42. The van der Waals surface area contributed by atoms with Crippen LogP contribution in [0.5, 0.6) is 11.5 Å². The zero-order chi connectivity index (χ0) is 18.6. The van der Waals surface area contributed by atoms with Crippen molar-refractivity contribution >= 4 is 17.5 Å². The molecule has 6 heteroatoms. The molecular formula is C20H21N3O3. The van der Waals surface area contributed by atoms with Crippen LogP contribution in [0.1, 0.15) is 26.5 Å². The first-order chi connectivity index (χ1) is 12.4. The minimum Gasteiger partial charge on any atom is -0.457 e. The first kappa shape index (κ1) is 17.5. The van der Waals surface area contributed by atoms with Gasteiger partial charge >= 0.3 is 6.03 Å². The van der Waals surface area contributed by atoms with Crippen molar-refractivity contribution in [3.8, 4) is 11.5 Å². The van der Waals surface area contributed by atoms with Gasteiger partial charge in [-0.05, 0) is 24.3 Å². The second kappa shape index (κ2) is 7.31. The summed E-state index contributed by atoms with van der Waals surface area (Å²) in [4.78, 5) is 12.2. The molecule has 0 atom stereocenters. The molecule has 0 aliphatic carbocycles. The van der Waals surface area contributed by atoms with Gasteiger partial charge in [0.05, 0.1) is 0 Å². The molecule has 3 rings (SSSR count). The number of amides is 2. The summed E-state index contributed by atoms with van der Waals surface area (Å²) >= 11 is 0. The van der Waals surface area contributed by atoms with Crippen molar-refractivity contribution in [2.75, 3.05) is 10.6 Å². The standard InChI is InChI=1S/C20H21N3O3/c1-20(2,3)17-13-18(23-26-17)22-19(24)21-14-8-7-11-16(12-14)25-15-9-5-4-6-10-15/h4-13H,1-3H3,(H2,21,22,23,24). The van der Waals surface area contributed by atoms with E-state index in [0.29, 0.717) is 23.0 Å². The van der Waals surface area contributed by atoms with E-state index >= 15 is 0 Å². The van der Waals surface area contributed by atoms with Crippen molar-refractivity contribution in [1.82, 2.24) is 5.16 Å². The van der Waals surface area contributed by atoms with Crippen LogP contribution in [-0.2, 0) is 5.41 Å². The molecule has 0 spiro atoms. The van der Waals surface area contributed by atoms with Gasteiger partial charge in [-0.25, -0.2) is 4.79 Å². The van der Waals surface area contributed by atoms with E-state index in [9.17, 15) is 4.79 Å². The van der Waals surface area contributed by atoms with Crippen LogP contribution in [0.2, 0.25) is 0 Å². The molecule has 134 valence electrons. The second-order valence-electron chi connectivity index (χ2n) is 6.85. The van der Waals surface area contributed by atoms with Gasteiger partial charge in [0, 0.05) is 23.2 Å². The minimum absolute atomic E-state index is 0.174. The summed E-state index contributed by atoms with van der Waals surface area (Å²) in [5, 5.41) is 9.28. The van der Waals surface area contributed by atoms with Gasteiger partial charge in [-0.15, -0.1) is 0 Å². The monoisotopic (exact) mass is 351 g/mol. The van der Waals surface area contributed by atoms with E-state index in [1.165, 1.54) is 0 Å². The fourth-order valence-corrected chi connectivity index (χ4v) is 2.23. The van der Waals surface area contributed by atoms with Crippen LogP contribution < -0.4 is 15.4 Å². The number of carbonyl (C=O) groups is 1. The Kier molecular flexibility index (Phi) is 4.93. The summed E-state index contributed by atoms with van der Waals surface area (Å²) in [7, 11) is 0. The summed E-state index contributed by atoms with van der Waals surface area (Å²) in [6.45, 7) is 6.03. The van der Waals surface area contributed by atoms with Crippen LogP contribution in [0.15, 0.2) is 65.2 Å². The number of benzene rings is 2. The van der Waals surface area contributed by atoms with Crippen LogP contribution in [0, 0.1) is 0 Å². The number of anilines is 2. The topological polar surface area (TPSA) is 76.4 Å². The van der Waals surface area contributed by atoms with E-state index < -0.39 is 6.03 Å². The Morgan fingerprint density at radius 1 is 0.962 bits per heavy atom. The van der Waals surface area contributed by atoms with E-state index in [2.05, 4.69) is 15.8 Å². The molecule has 0 saturated carbocycles. The Labute approximate surface area is 152 Å². The zero-order valence-corrected chi connectivity index (χ0v) is 14.9. The number of rotatable bonds is 4. The van der Waals surface area contributed by atoms with E-state index in [0.717, 1.165) is 5.75 Å². The molecule has 26 heavy (non-hydrogen) atoms. The molecule has 0 fully saturated rings. The molecule has 0 bridgehead atoms. The summed E-state index contributed by atoms with van der Waals surface area (Å²) in [6, 6.07) is 17.9. The first-order valence-electron chi connectivity index (χ1n) is 8.28. The summed E-state index contributed by atoms with van der Waals surface area (Å²) in [6.07, 6.45) is 0. The Morgan fingerprint density at radius 2 is 1.69 bits per heavy atom. The van der Waals surface area contributed by atoms with Gasteiger partial charge in [0.25, 0.3) is 0 Å². The lowest BCUT2D eigenvalue weighted by molar-refractivity contribution is 0.262. The van der Waals surface area contributed by atoms with Crippen molar-refractivity contribution in [1.29, 1.82) is 0 Å². The van der Waals surface area contributed by atoms with Gasteiger partial charge in [0.2, 0.25) is 0 Å². The lowest BCUT2D eigenvalue weighted by Crippen LogP contribution is -2.19. The van der Waals surface area contributed by atoms with Crippen LogP contribution in [0.3, 0.4) is 0 Å². The zero-order valence-electron chi connectivity index (χ0n) is 14.9. The van der Waals surface area contributed by atoms with Gasteiger partial charge in [0.15, 0.2) is 5.82 Å². The van der Waals surface area contributed by atoms with Gasteiger partial charge < -0.3 is 14.6 Å². The van der Waals surface area contributed by atoms with Gasteiger partial charge in [0.1, 0.15) is 17.3 Å². The number of nitrogens with one attached hydrogen (secondary N) is 2. The van der Waals surface area contributed by atoms with Gasteiger partial charge in [-0.1, -0.05) is 50.2 Å². The van der Waals surface area contributed by atoms with Crippen molar-refractivity contribution in [2.24, 2.45) is 0 Å².